The fourth-order valence-electron chi connectivity index (χ4n) is 8.57. The number of fused-ring (bicyclic) bond motifs is 2. The Bertz CT molecular complexity index is 2520. The van der Waals surface area contributed by atoms with E-state index < -0.39 is 0 Å². The van der Waals surface area contributed by atoms with Gasteiger partial charge >= 0.3 is 0 Å². The van der Waals surface area contributed by atoms with Gasteiger partial charge in [-0.05, 0) is 185 Å². The zero-order valence-corrected chi connectivity index (χ0v) is 35.3. The number of benzene rings is 6. The highest BCUT2D eigenvalue weighted by Crippen LogP contribution is 2.58. The molecule has 6 aromatic carbocycles. The summed E-state index contributed by atoms with van der Waals surface area (Å²) in [6.07, 6.45) is 0. The highest BCUT2D eigenvalue weighted by atomic mass is 15.5. The van der Waals surface area contributed by atoms with E-state index in [1.54, 1.807) is 0 Å². The summed E-state index contributed by atoms with van der Waals surface area (Å²) < 4.78 is 0. The fourth-order valence-corrected chi connectivity index (χ4v) is 8.57. The van der Waals surface area contributed by atoms with E-state index in [2.05, 4.69) is 212 Å². The molecule has 0 unspecified atom stereocenters. The smallest absolute Gasteiger partial charge is 0.166 e. The predicted molar refractivity (Wildman–Crippen MR) is 240 cm³/mol. The first-order chi connectivity index (χ1) is 26.7. The maximum Gasteiger partial charge on any atom is 0.166 e. The van der Waals surface area contributed by atoms with Crippen LogP contribution in [0.5, 0.6) is 0 Å². The second-order valence-electron chi connectivity index (χ2n) is 16.9. The number of rotatable bonds is 6. The molecular weight excluding hydrogens is 681 g/mol. The van der Waals surface area contributed by atoms with Gasteiger partial charge in [-0.15, -0.1) is 0 Å². The van der Waals surface area contributed by atoms with Crippen LogP contribution < -0.4 is 19.6 Å². The SMILES string of the molecule is Cc1ccc(N2/C(=C3/N(c4ccc(C)c(C)c4)c4cc(C)c(C(C)C)cc4N3c3ccc(C)cc3)N(c3ccc(C)c(C)c3)c3cc(C(C)C)c(C)cc32)cc1. The molecule has 8 rings (SSSR count). The van der Waals surface area contributed by atoms with Crippen LogP contribution in [0.4, 0.5) is 45.5 Å². The van der Waals surface area contributed by atoms with Crippen molar-refractivity contribution in [2.75, 3.05) is 19.6 Å². The maximum atomic E-state index is 2.54. The Hall–Kier alpha value is -5.74. The summed E-state index contributed by atoms with van der Waals surface area (Å²) in [5, 5.41) is 0. The van der Waals surface area contributed by atoms with Crippen LogP contribution in [-0.4, -0.2) is 0 Å². The van der Waals surface area contributed by atoms with Crippen LogP contribution in [0.3, 0.4) is 0 Å². The normalized spacial score (nSPS) is 15.1. The molecule has 0 saturated carbocycles. The molecule has 0 bridgehead atoms. The quantitative estimate of drug-likeness (QED) is 0.169. The highest BCUT2D eigenvalue weighted by Gasteiger charge is 2.45. The zero-order chi connectivity index (χ0) is 39.7. The molecule has 2 heterocycles. The highest BCUT2D eigenvalue weighted by molar-refractivity contribution is 6.01. The van der Waals surface area contributed by atoms with Crippen LogP contribution in [0, 0.1) is 55.4 Å². The van der Waals surface area contributed by atoms with Crippen molar-refractivity contribution in [1.82, 2.24) is 0 Å². The lowest BCUT2D eigenvalue weighted by Gasteiger charge is -2.34. The molecule has 56 heavy (non-hydrogen) atoms. The first-order valence-corrected chi connectivity index (χ1v) is 20.2. The molecule has 0 radical (unpaired) electrons. The van der Waals surface area contributed by atoms with Crippen molar-refractivity contribution >= 4 is 45.5 Å². The lowest BCUT2D eigenvalue weighted by molar-refractivity contribution is 0.856. The van der Waals surface area contributed by atoms with Crippen LogP contribution in [0.15, 0.2) is 121 Å². The van der Waals surface area contributed by atoms with Gasteiger partial charge in [-0.3, -0.25) is 19.6 Å². The monoisotopic (exact) mass is 736 g/mol. The average molecular weight is 737 g/mol. The summed E-state index contributed by atoms with van der Waals surface area (Å²) in [7, 11) is 0. The molecule has 0 N–H and O–H groups in total. The summed E-state index contributed by atoms with van der Waals surface area (Å²) in [5.41, 5.74) is 22.2. The lowest BCUT2D eigenvalue weighted by Crippen LogP contribution is -2.33. The Morgan fingerprint density at radius 3 is 0.929 bits per heavy atom. The van der Waals surface area contributed by atoms with Gasteiger partial charge in [-0.2, -0.15) is 0 Å². The van der Waals surface area contributed by atoms with Crippen molar-refractivity contribution < 1.29 is 0 Å². The van der Waals surface area contributed by atoms with Gasteiger partial charge in [0.15, 0.2) is 11.6 Å². The predicted octanol–water partition coefficient (Wildman–Crippen LogP) is 14.8. The number of hydrogen-bond acceptors (Lipinski definition) is 4. The molecule has 0 spiro atoms. The largest absolute Gasteiger partial charge is 0.291 e. The molecule has 0 fully saturated rings. The second kappa shape index (κ2) is 14.1. The van der Waals surface area contributed by atoms with Crippen molar-refractivity contribution in [1.29, 1.82) is 0 Å². The second-order valence-corrected chi connectivity index (χ2v) is 16.9. The van der Waals surface area contributed by atoms with Crippen LogP contribution in [0.2, 0.25) is 0 Å². The van der Waals surface area contributed by atoms with Gasteiger partial charge in [0, 0.05) is 22.7 Å². The fraction of sp³-hybridized carbons (Fsp3) is 0.269. The van der Waals surface area contributed by atoms with Gasteiger partial charge in [0.2, 0.25) is 0 Å². The van der Waals surface area contributed by atoms with Gasteiger partial charge in [0.25, 0.3) is 0 Å². The molecule has 2 aliphatic heterocycles. The van der Waals surface area contributed by atoms with Gasteiger partial charge in [-0.25, -0.2) is 0 Å². The first-order valence-electron chi connectivity index (χ1n) is 20.2. The molecule has 0 aromatic heterocycles. The number of hydrogen-bond donors (Lipinski definition) is 0. The Morgan fingerprint density at radius 2 is 0.607 bits per heavy atom. The van der Waals surface area contributed by atoms with Crippen LogP contribution >= 0.6 is 0 Å². The number of nitrogens with zero attached hydrogens (tertiary/aromatic N) is 4. The van der Waals surface area contributed by atoms with E-state index >= 15 is 0 Å². The summed E-state index contributed by atoms with van der Waals surface area (Å²) in [6.45, 7) is 27.0. The van der Waals surface area contributed by atoms with Gasteiger partial charge < -0.3 is 0 Å². The summed E-state index contributed by atoms with van der Waals surface area (Å²) >= 11 is 0. The van der Waals surface area contributed by atoms with E-state index in [0.29, 0.717) is 11.8 Å². The molecule has 0 aliphatic carbocycles. The minimum atomic E-state index is 0.371. The third kappa shape index (κ3) is 6.16. The summed E-state index contributed by atoms with van der Waals surface area (Å²) in [6, 6.07) is 41.8. The molecule has 4 heteroatoms. The van der Waals surface area contributed by atoms with Crippen LogP contribution in [0.1, 0.15) is 95.2 Å². The topological polar surface area (TPSA) is 13.0 Å². The lowest BCUT2D eigenvalue weighted by atomic mass is 9.96. The standard InChI is InChI=1S/C52H56N4/c1-31(2)45-29-49-48(28-40(45)12)55(43-23-17-35(7)37(9)25-43)52(54(49)42-21-15-34(6)16-22-42)51-53(41-19-13-33(5)14-20-41)47-27-39(11)46(32(3)4)30-50(47)56(51)44-24-18-36(8)38(10)26-44/h13-32H,1-12H3/b52-51-. The molecular formula is C52H56N4. The summed E-state index contributed by atoms with van der Waals surface area (Å²) in [4.78, 5) is 10.1. The Kier molecular flexibility index (Phi) is 9.35. The third-order valence-electron chi connectivity index (χ3n) is 12.1. The van der Waals surface area contributed by atoms with E-state index in [0.717, 1.165) is 34.4 Å². The van der Waals surface area contributed by atoms with Crippen molar-refractivity contribution in [3.63, 3.8) is 0 Å². The van der Waals surface area contributed by atoms with E-state index in [1.807, 2.05) is 0 Å². The first kappa shape index (κ1) is 37.2. The average Bonchev–Trinajstić information content (AvgIpc) is 3.65. The molecule has 0 amide bonds. The molecule has 0 saturated heterocycles. The molecule has 284 valence electrons. The third-order valence-corrected chi connectivity index (χ3v) is 12.1. The molecule has 0 atom stereocenters. The van der Waals surface area contributed by atoms with E-state index in [-0.39, 0.29) is 0 Å². The van der Waals surface area contributed by atoms with Crippen molar-refractivity contribution in [2.45, 2.75) is 94.9 Å². The molecule has 6 aromatic rings. The Balaban J connectivity index is 1.59. The van der Waals surface area contributed by atoms with E-state index in [1.165, 1.54) is 78.4 Å². The van der Waals surface area contributed by atoms with Crippen molar-refractivity contribution in [3.8, 4) is 0 Å². The Morgan fingerprint density at radius 1 is 0.304 bits per heavy atom. The van der Waals surface area contributed by atoms with Gasteiger partial charge in [0.1, 0.15) is 0 Å². The zero-order valence-electron chi connectivity index (χ0n) is 35.3. The van der Waals surface area contributed by atoms with Crippen LogP contribution in [-0.2, 0) is 0 Å². The molecule has 2 aliphatic rings. The van der Waals surface area contributed by atoms with E-state index in [9.17, 15) is 0 Å². The maximum absolute atomic E-state index is 2.54. The number of anilines is 8. The minimum Gasteiger partial charge on any atom is -0.291 e. The van der Waals surface area contributed by atoms with Gasteiger partial charge in [-0.1, -0.05) is 75.2 Å². The Labute approximate surface area is 335 Å². The van der Waals surface area contributed by atoms with Gasteiger partial charge in [0.05, 0.1) is 22.7 Å². The number of aryl methyl sites for hydroxylation is 8. The van der Waals surface area contributed by atoms with Crippen molar-refractivity contribution in [3.05, 3.63) is 176 Å². The van der Waals surface area contributed by atoms with Crippen LogP contribution in [0.25, 0.3) is 0 Å². The molecule has 4 nitrogen and oxygen atoms in total. The van der Waals surface area contributed by atoms with E-state index in [4.69, 9.17) is 0 Å². The summed E-state index contributed by atoms with van der Waals surface area (Å²) in [5.74, 6) is 2.92. The minimum absolute atomic E-state index is 0.371. The van der Waals surface area contributed by atoms with Crippen molar-refractivity contribution in [2.24, 2.45) is 0 Å².